The minimum absolute atomic E-state index is 0.000800. The maximum absolute atomic E-state index is 10.4. The van der Waals surface area contributed by atoms with E-state index in [0.717, 1.165) is 5.56 Å². The van der Waals surface area contributed by atoms with Crippen molar-refractivity contribution in [3.63, 3.8) is 0 Å². The number of hydrogen-bond acceptors (Lipinski definition) is 6. The average molecular weight is 384 g/mol. The zero-order chi connectivity index (χ0) is 20.2. The Morgan fingerprint density at radius 2 is 1.43 bits per heavy atom. The fourth-order valence-corrected chi connectivity index (χ4v) is 2.90. The largest absolute Gasteiger partial charge is 0.374 e. The Balaban J connectivity index is 2.09. The van der Waals surface area contributed by atoms with Crippen LogP contribution in [-0.4, -0.2) is 62.2 Å². The molecule has 1 aliphatic rings. The molecule has 1 aromatic rings. The predicted molar refractivity (Wildman–Crippen MR) is 103 cm³/mol. The summed E-state index contributed by atoms with van der Waals surface area (Å²) in [5.74, 6) is 7.16. The summed E-state index contributed by atoms with van der Waals surface area (Å²) in [6.07, 6.45) is 11.7. The SMILES string of the molecule is C#CCO[C@@H]1[C@@H](OCC#C)[C@@H](O)O[C@H](COCc2ccccc2)[C@H]1OCC#C. The van der Waals surface area contributed by atoms with Crippen molar-refractivity contribution in [2.45, 2.75) is 37.3 Å². The van der Waals surface area contributed by atoms with Crippen molar-refractivity contribution >= 4 is 0 Å². The summed E-state index contributed by atoms with van der Waals surface area (Å²) >= 11 is 0. The van der Waals surface area contributed by atoms with Crippen LogP contribution in [0.4, 0.5) is 0 Å². The number of terminal acetylenes is 3. The molecule has 1 saturated heterocycles. The Morgan fingerprint density at radius 3 is 2.04 bits per heavy atom. The lowest BCUT2D eigenvalue weighted by atomic mass is 9.98. The van der Waals surface area contributed by atoms with E-state index in [1.807, 2.05) is 30.3 Å². The van der Waals surface area contributed by atoms with Gasteiger partial charge in [0, 0.05) is 0 Å². The van der Waals surface area contributed by atoms with Gasteiger partial charge >= 0.3 is 0 Å². The molecule has 148 valence electrons. The molecule has 1 fully saturated rings. The molecule has 6 nitrogen and oxygen atoms in total. The molecule has 0 bridgehead atoms. The van der Waals surface area contributed by atoms with E-state index in [2.05, 4.69) is 17.8 Å². The van der Waals surface area contributed by atoms with Gasteiger partial charge in [-0.1, -0.05) is 48.1 Å². The molecule has 0 spiro atoms. The molecule has 28 heavy (non-hydrogen) atoms. The van der Waals surface area contributed by atoms with Crippen LogP contribution < -0.4 is 0 Å². The number of hydrogen-bond donors (Lipinski definition) is 1. The highest BCUT2D eigenvalue weighted by Gasteiger charge is 2.47. The Labute approximate surface area is 166 Å². The Bertz CT molecular complexity index is 698. The third-order valence-electron chi connectivity index (χ3n) is 4.08. The van der Waals surface area contributed by atoms with Gasteiger partial charge in [0.15, 0.2) is 6.29 Å². The van der Waals surface area contributed by atoms with Crippen LogP contribution in [0.15, 0.2) is 30.3 Å². The van der Waals surface area contributed by atoms with Gasteiger partial charge in [-0.25, -0.2) is 0 Å². The van der Waals surface area contributed by atoms with Gasteiger partial charge in [0.1, 0.15) is 44.2 Å². The summed E-state index contributed by atoms with van der Waals surface area (Å²) in [4.78, 5) is 0. The average Bonchev–Trinajstić information content (AvgIpc) is 2.71. The van der Waals surface area contributed by atoms with Crippen molar-refractivity contribution in [1.29, 1.82) is 0 Å². The second kappa shape index (κ2) is 12.2. The van der Waals surface area contributed by atoms with Crippen LogP contribution in [0.25, 0.3) is 0 Å². The van der Waals surface area contributed by atoms with Crippen LogP contribution in [0.1, 0.15) is 5.56 Å². The smallest absolute Gasteiger partial charge is 0.184 e. The van der Waals surface area contributed by atoms with Gasteiger partial charge in [0.25, 0.3) is 0 Å². The highest BCUT2D eigenvalue weighted by atomic mass is 16.7. The van der Waals surface area contributed by atoms with E-state index in [0.29, 0.717) is 6.61 Å². The van der Waals surface area contributed by atoms with Gasteiger partial charge < -0.3 is 28.8 Å². The first-order valence-electron chi connectivity index (χ1n) is 8.81. The van der Waals surface area contributed by atoms with Crippen molar-refractivity contribution in [3.8, 4) is 37.0 Å². The van der Waals surface area contributed by atoms with Gasteiger partial charge in [0.2, 0.25) is 0 Å². The lowest BCUT2D eigenvalue weighted by Crippen LogP contribution is -2.61. The summed E-state index contributed by atoms with van der Waals surface area (Å²) in [6, 6.07) is 9.68. The third kappa shape index (κ3) is 6.37. The number of ether oxygens (including phenoxy) is 5. The van der Waals surface area contributed by atoms with Gasteiger partial charge in [-0.15, -0.1) is 19.3 Å². The number of benzene rings is 1. The van der Waals surface area contributed by atoms with Crippen molar-refractivity contribution in [1.82, 2.24) is 0 Å². The molecule has 1 aliphatic heterocycles. The molecular weight excluding hydrogens is 360 g/mol. The number of aliphatic hydroxyl groups excluding tert-OH is 1. The molecular formula is C22H24O6. The maximum Gasteiger partial charge on any atom is 0.184 e. The van der Waals surface area contributed by atoms with Gasteiger partial charge in [0.05, 0.1) is 13.2 Å². The molecule has 2 rings (SSSR count). The van der Waals surface area contributed by atoms with Crippen molar-refractivity contribution in [2.24, 2.45) is 0 Å². The molecule has 5 atom stereocenters. The summed E-state index contributed by atoms with van der Waals surface area (Å²) < 4.78 is 28.4. The molecule has 0 saturated carbocycles. The standard InChI is InChI=1S/C22H24O6/c1-4-12-25-19-18(16-24-15-17-10-8-7-9-11-17)28-22(23)21(27-14-6-3)20(19)26-13-5-2/h1-3,7-11,18-23H,12-16H2/t18-,19-,20+,21-,22+/m1/s1. The molecule has 6 heteroatoms. The molecule has 1 N–H and O–H groups in total. The minimum Gasteiger partial charge on any atom is -0.374 e. The van der Waals surface area contributed by atoms with Crippen LogP contribution in [-0.2, 0) is 30.3 Å². The van der Waals surface area contributed by atoms with E-state index in [4.69, 9.17) is 43.0 Å². The predicted octanol–water partition coefficient (Wildman–Crippen LogP) is 0.976. The molecule has 0 unspecified atom stereocenters. The van der Waals surface area contributed by atoms with E-state index >= 15 is 0 Å². The van der Waals surface area contributed by atoms with E-state index in [1.54, 1.807) is 0 Å². The first kappa shape index (κ1) is 22.0. The Morgan fingerprint density at radius 1 is 0.857 bits per heavy atom. The number of aliphatic hydroxyl groups is 1. The molecule has 0 radical (unpaired) electrons. The third-order valence-corrected chi connectivity index (χ3v) is 4.08. The van der Waals surface area contributed by atoms with Crippen molar-refractivity contribution in [3.05, 3.63) is 35.9 Å². The first-order valence-corrected chi connectivity index (χ1v) is 8.81. The molecule has 1 heterocycles. The summed E-state index contributed by atoms with van der Waals surface area (Å²) in [6.45, 7) is 0.528. The fraction of sp³-hybridized carbons (Fsp3) is 0.455. The minimum atomic E-state index is -1.29. The Hall–Kier alpha value is -2.34. The van der Waals surface area contributed by atoms with Crippen molar-refractivity contribution < 1.29 is 28.8 Å². The molecule has 1 aromatic carbocycles. The molecule has 0 aromatic heterocycles. The summed E-state index contributed by atoms with van der Waals surface area (Å²) in [7, 11) is 0. The lowest BCUT2D eigenvalue weighted by Gasteiger charge is -2.43. The van der Waals surface area contributed by atoms with E-state index in [-0.39, 0.29) is 26.4 Å². The first-order chi connectivity index (χ1) is 13.7. The van der Waals surface area contributed by atoms with Crippen LogP contribution in [0.2, 0.25) is 0 Å². The van der Waals surface area contributed by atoms with E-state index < -0.39 is 30.7 Å². The quantitative estimate of drug-likeness (QED) is 0.607. The summed E-state index contributed by atoms with van der Waals surface area (Å²) in [5.41, 5.74) is 1.01. The highest BCUT2D eigenvalue weighted by molar-refractivity contribution is 5.13. The monoisotopic (exact) mass is 384 g/mol. The highest BCUT2D eigenvalue weighted by Crippen LogP contribution is 2.27. The molecule has 0 amide bonds. The normalized spacial score (nSPS) is 26.7. The second-order valence-corrected chi connectivity index (χ2v) is 6.01. The van der Waals surface area contributed by atoms with Crippen LogP contribution in [0.5, 0.6) is 0 Å². The van der Waals surface area contributed by atoms with E-state index in [9.17, 15) is 5.11 Å². The zero-order valence-electron chi connectivity index (χ0n) is 15.5. The second-order valence-electron chi connectivity index (χ2n) is 6.01. The lowest BCUT2D eigenvalue weighted by molar-refractivity contribution is -0.307. The molecule has 0 aliphatic carbocycles. The fourth-order valence-electron chi connectivity index (χ4n) is 2.90. The summed E-state index contributed by atoms with van der Waals surface area (Å²) in [5, 5.41) is 10.4. The van der Waals surface area contributed by atoms with Gasteiger partial charge in [-0.05, 0) is 5.56 Å². The van der Waals surface area contributed by atoms with Crippen LogP contribution >= 0.6 is 0 Å². The van der Waals surface area contributed by atoms with Gasteiger partial charge in [-0.3, -0.25) is 0 Å². The van der Waals surface area contributed by atoms with Crippen LogP contribution in [0, 0.1) is 37.0 Å². The number of rotatable bonds is 10. The van der Waals surface area contributed by atoms with Gasteiger partial charge in [-0.2, -0.15) is 0 Å². The maximum atomic E-state index is 10.4. The topological polar surface area (TPSA) is 66.4 Å². The van der Waals surface area contributed by atoms with E-state index in [1.165, 1.54) is 0 Å². The zero-order valence-corrected chi connectivity index (χ0v) is 15.5. The Kier molecular flexibility index (Phi) is 9.55. The van der Waals surface area contributed by atoms with Crippen molar-refractivity contribution in [2.75, 3.05) is 26.4 Å². The van der Waals surface area contributed by atoms with Crippen LogP contribution in [0.3, 0.4) is 0 Å².